The minimum absolute atomic E-state index is 0.0478. The number of carbonyl (C=O) groups is 1. The number of hydrogen-bond acceptors (Lipinski definition) is 4. The van der Waals surface area contributed by atoms with E-state index in [1.54, 1.807) is 10.9 Å². The van der Waals surface area contributed by atoms with Crippen molar-refractivity contribution in [1.29, 1.82) is 0 Å². The monoisotopic (exact) mass is 278 g/mol. The summed E-state index contributed by atoms with van der Waals surface area (Å²) in [6.45, 7) is 4.40. The molecule has 0 atom stereocenters. The second kappa shape index (κ2) is 5.85. The Morgan fingerprint density at radius 1 is 1.35 bits per heavy atom. The van der Waals surface area contributed by atoms with Crippen molar-refractivity contribution in [3.63, 3.8) is 0 Å². The van der Waals surface area contributed by atoms with Gasteiger partial charge in [0.05, 0.1) is 6.33 Å². The van der Waals surface area contributed by atoms with E-state index in [9.17, 15) is 14.4 Å². The number of aromatic amines is 1. The highest BCUT2D eigenvalue weighted by molar-refractivity contribution is 5.75. The highest BCUT2D eigenvalue weighted by Gasteiger charge is 2.12. The Balaban J connectivity index is 2.44. The average Bonchev–Trinajstić information content (AvgIpc) is 2.76. The first-order chi connectivity index (χ1) is 9.54. The number of nitrogens with zero attached hydrogens (tertiary/aromatic N) is 3. The van der Waals surface area contributed by atoms with Gasteiger partial charge in [-0.3, -0.25) is 14.3 Å². The van der Waals surface area contributed by atoms with Crippen LogP contribution in [0.2, 0.25) is 0 Å². The third kappa shape index (κ3) is 2.71. The number of imidazole rings is 1. The first-order valence-electron chi connectivity index (χ1n) is 6.72. The molecule has 0 saturated heterocycles. The van der Waals surface area contributed by atoms with Crippen molar-refractivity contribution in [2.75, 3.05) is 0 Å². The number of Topliss-reactive ketones (excluding diaryl/α,β-unsaturated/α-hetero) is 1. The summed E-state index contributed by atoms with van der Waals surface area (Å²) in [6, 6.07) is 0. The highest BCUT2D eigenvalue weighted by Crippen LogP contribution is 2.04. The van der Waals surface area contributed by atoms with Crippen molar-refractivity contribution in [3.8, 4) is 0 Å². The van der Waals surface area contributed by atoms with Gasteiger partial charge in [-0.15, -0.1) is 0 Å². The van der Waals surface area contributed by atoms with Gasteiger partial charge >= 0.3 is 5.69 Å². The first-order valence-corrected chi connectivity index (χ1v) is 6.72. The summed E-state index contributed by atoms with van der Waals surface area (Å²) in [7, 11) is 0. The van der Waals surface area contributed by atoms with Crippen molar-refractivity contribution >= 4 is 16.9 Å². The summed E-state index contributed by atoms with van der Waals surface area (Å²) >= 11 is 0. The van der Waals surface area contributed by atoms with Gasteiger partial charge in [0.15, 0.2) is 11.2 Å². The number of rotatable bonds is 6. The molecule has 108 valence electrons. The maximum Gasteiger partial charge on any atom is 0.330 e. The van der Waals surface area contributed by atoms with E-state index in [4.69, 9.17) is 0 Å². The minimum atomic E-state index is -0.479. The molecular formula is C13H18N4O3. The zero-order valence-electron chi connectivity index (χ0n) is 11.7. The fraction of sp³-hybridized carbons (Fsp3) is 0.538. The van der Waals surface area contributed by atoms with Crippen molar-refractivity contribution in [3.05, 3.63) is 27.2 Å². The van der Waals surface area contributed by atoms with Gasteiger partial charge in [-0.1, -0.05) is 6.92 Å². The number of fused-ring (bicyclic) bond motifs is 1. The summed E-state index contributed by atoms with van der Waals surface area (Å²) in [5.74, 6) is 0.0478. The quantitative estimate of drug-likeness (QED) is 0.840. The number of aromatic nitrogens is 4. The van der Waals surface area contributed by atoms with E-state index in [1.165, 1.54) is 6.92 Å². The lowest BCUT2D eigenvalue weighted by atomic mass is 10.2. The van der Waals surface area contributed by atoms with Crippen LogP contribution < -0.4 is 11.2 Å². The number of hydrogen-bond donors (Lipinski definition) is 1. The Morgan fingerprint density at radius 3 is 2.75 bits per heavy atom. The van der Waals surface area contributed by atoms with Gasteiger partial charge < -0.3 is 9.36 Å². The van der Waals surface area contributed by atoms with E-state index in [-0.39, 0.29) is 17.9 Å². The van der Waals surface area contributed by atoms with Gasteiger partial charge in [-0.2, -0.15) is 0 Å². The topological polar surface area (TPSA) is 89.8 Å². The molecule has 0 aliphatic rings. The zero-order valence-corrected chi connectivity index (χ0v) is 11.7. The molecule has 2 aromatic rings. The molecule has 0 aromatic carbocycles. The molecule has 0 unspecified atom stereocenters. The smallest absolute Gasteiger partial charge is 0.325 e. The lowest BCUT2D eigenvalue weighted by Gasteiger charge is -2.05. The Morgan fingerprint density at radius 2 is 2.10 bits per heavy atom. The van der Waals surface area contributed by atoms with Crippen LogP contribution in [0, 0.1) is 0 Å². The maximum absolute atomic E-state index is 12.4. The molecule has 2 rings (SSSR count). The molecule has 0 amide bonds. The third-order valence-electron chi connectivity index (χ3n) is 3.13. The second-order valence-corrected chi connectivity index (χ2v) is 4.83. The molecule has 0 spiro atoms. The fourth-order valence-electron chi connectivity index (χ4n) is 2.19. The standard InChI is InChI=1S/C13H18N4O3/c1-3-6-16-8-14-11-10(16)12(19)17(13(20)15-11)7-4-5-9(2)18/h8H,3-7H2,1-2H3,(H,15,20). The van der Waals surface area contributed by atoms with Crippen LogP contribution in [0.15, 0.2) is 15.9 Å². The molecule has 0 aliphatic heterocycles. The molecule has 0 saturated carbocycles. The van der Waals surface area contributed by atoms with Crippen LogP contribution in [-0.2, 0) is 17.9 Å². The molecule has 0 aliphatic carbocycles. The Bertz CT molecular complexity index is 738. The Kier molecular flexibility index (Phi) is 4.16. The van der Waals surface area contributed by atoms with E-state index in [2.05, 4.69) is 9.97 Å². The molecule has 20 heavy (non-hydrogen) atoms. The summed E-state index contributed by atoms with van der Waals surface area (Å²) in [4.78, 5) is 41.8. The lowest BCUT2D eigenvalue weighted by molar-refractivity contribution is -0.117. The lowest BCUT2D eigenvalue weighted by Crippen LogP contribution is -2.36. The molecule has 0 radical (unpaired) electrons. The van der Waals surface area contributed by atoms with E-state index >= 15 is 0 Å². The number of carbonyl (C=O) groups excluding carboxylic acids is 1. The number of aryl methyl sites for hydroxylation is 1. The van der Waals surface area contributed by atoms with Gasteiger partial charge in [0.1, 0.15) is 5.78 Å². The summed E-state index contributed by atoms with van der Waals surface area (Å²) < 4.78 is 2.88. The predicted octanol–water partition coefficient (Wildman–Crippen LogP) is 0.665. The van der Waals surface area contributed by atoms with Crippen LogP contribution in [0.5, 0.6) is 0 Å². The largest absolute Gasteiger partial charge is 0.330 e. The molecular weight excluding hydrogens is 260 g/mol. The molecule has 7 nitrogen and oxygen atoms in total. The van der Waals surface area contributed by atoms with Gasteiger partial charge in [0.2, 0.25) is 0 Å². The molecule has 0 bridgehead atoms. The fourth-order valence-corrected chi connectivity index (χ4v) is 2.19. The van der Waals surface area contributed by atoms with Gasteiger partial charge in [-0.25, -0.2) is 9.78 Å². The molecule has 1 N–H and O–H groups in total. The first kappa shape index (κ1) is 14.2. The normalized spacial score (nSPS) is 11.1. The average molecular weight is 278 g/mol. The van der Waals surface area contributed by atoms with Gasteiger partial charge in [0, 0.05) is 19.5 Å². The summed E-state index contributed by atoms with van der Waals surface area (Å²) in [5, 5.41) is 0. The van der Waals surface area contributed by atoms with Crippen LogP contribution >= 0.6 is 0 Å². The second-order valence-electron chi connectivity index (χ2n) is 4.83. The Labute approximate surface area is 115 Å². The van der Waals surface area contributed by atoms with Crippen LogP contribution in [0.3, 0.4) is 0 Å². The van der Waals surface area contributed by atoms with Crippen molar-refractivity contribution < 1.29 is 4.79 Å². The van der Waals surface area contributed by atoms with Gasteiger partial charge in [-0.05, 0) is 19.8 Å². The van der Waals surface area contributed by atoms with E-state index < -0.39 is 5.69 Å². The van der Waals surface area contributed by atoms with E-state index in [0.29, 0.717) is 30.6 Å². The number of ketones is 1. The molecule has 0 fully saturated rings. The van der Waals surface area contributed by atoms with Crippen LogP contribution in [0.4, 0.5) is 0 Å². The van der Waals surface area contributed by atoms with Crippen LogP contribution in [0.1, 0.15) is 33.1 Å². The van der Waals surface area contributed by atoms with Crippen molar-refractivity contribution in [1.82, 2.24) is 19.1 Å². The molecule has 2 aromatic heterocycles. The van der Waals surface area contributed by atoms with Crippen LogP contribution in [0.25, 0.3) is 11.2 Å². The van der Waals surface area contributed by atoms with Crippen molar-refractivity contribution in [2.24, 2.45) is 0 Å². The number of H-pyrrole nitrogens is 1. The molecule has 2 heterocycles. The summed E-state index contributed by atoms with van der Waals surface area (Å²) in [5.41, 5.74) is -0.100. The summed E-state index contributed by atoms with van der Waals surface area (Å²) in [6.07, 6.45) is 3.27. The Hall–Kier alpha value is -2.18. The highest BCUT2D eigenvalue weighted by atomic mass is 16.2. The van der Waals surface area contributed by atoms with Crippen molar-refractivity contribution in [2.45, 2.75) is 46.2 Å². The van der Waals surface area contributed by atoms with E-state index in [1.807, 2.05) is 6.92 Å². The van der Waals surface area contributed by atoms with E-state index in [0.717, 1.165) is 11.0 Å². The minimum Gasteiger partial charge on any atom is -0.325 e. The zero-order chi connectivity index (χ0) is 14.7. The van der Waals surface area contributed by atoms with Gasteiger partial charge in [0.25, 0.3) is 5.56 Å². The third-order valence-corrected chi connectivity index (χ3v) is 3.13. The molecule has 7 heteroatoms. The SMILES string of the molecule is CCCn1cnc2[nH]c(=O)n(CCCC(C)=O)c(=O)c21. The number of nitrogens with one attached hydrogen (secondary N) is 1. The maximum atomic E-state index is 12.4. The van der Waals surface area contributed by atoms with Crippen LogP contribution in [-0.4, -0.2) is 24.9 Å². The predicted molar refractivity (Wildman–Crippen MR) is 74.8 cm³/mol.